The van der Waals surface area contributed by atoms with Crippen molar-refractivity contribution in [3.8, 4) is 0 Å². The first kappa shape index (κ1) is 19.6. The van der Waals surface area contributed by atoms with Crippen LogP contribution in [0.15, 0.2) is 35.0 Å². The van der Waals surface area contributed by atoms with Gasteiger partial charge in [-0.3, -0.25) is 9.59 Å². The molecule has 0 saturated heterocycles. The molecule has 1 aliphatic carbocycles. The molecule has 0 bridgehead atoms. The van der Waals surface area contributed by atoms with E-state index in [0.717, 1.165) is 37.6 Å². The summed E-state index contributed by atoms with van der Waals surface area (Å²) in [6, 6.07) is 2.75. The number of carbonyl (C=O) groups is 2. The number of allylic oxidation sites excluding steroid dienone is 1. The number of hydrogen-bond acceptors (Lipinski definition) is 4. The third kappa shape index (κ3) is 7.00. The lowest BCUT2D eigenvalue weighted by atomic mass is 9.97. The molecule has 0 spiro atoms. The molecule has 0 aliphatic heterocycles. The maximum atomic E-state index is 13.4. The van der Waals surface area contributed by atoms with Gasteiger partial charge in [0.2, 0.25) is 0 Å². The third-order valence-corrected chi connectivity index (χ3v) is 3.78. The lowest BCUT2D eigenvalue weighted by Gasteiger charge is -2.12. The van der Waals surface area contributed by atoms with Crippen LogP contribution in [-0.2, 0) is 14.4 Å². The standard InChI is InChI=1S/C18H21F2N3O3/c19-14-6-7-16(15(20)10-14)23-17(24)11-22-26-12-18(25)21-9-8-13-4-2-1-3-5-13/h4,6-7,10-11H,1-3,5,8-9,12H2,(H,21,25)(H,23,24). The van der Waals surface area contributed by atoms with Crippen molar-refractivity contribution in [2.24, 2.45) is 5.16 Å². The number of nitrogens with zero attached hydrogens (tertiary/aromatic N) is 1. The van der Waals surface area contributed by atoms with E-state index in [1.165, 1.54) is 18.4 Å². The Labute approximate surface area is 150 Å². The van der Waals surface area contributed by atoms with Gasteiger partial charge < -0.3 is 15.5 Å². The molecule has 0 aromatic heterocycles. The summed E-state index contributed by atoms with van der Waals surface area (Å²) in [7, 11) is 0. The Morgan fingerprint density at radius 1 is 1.27 bits per heavy atom. The molecule has 8 heteroatoms. The Balaban J connectivity index is 1.62. The number of oxime groups is 1. The van der Waals surface area contributed by atoms with E-state index < -0.39 is 17.5 Å². The van der Waals surface area contributed by atoms with Gasteiger partial charge in [-0.1, -0.05) is 16.8 Å². The van der Waals surface area contributed by atoms with Gasteiger partial charge in [0.25, 0.3) is 11.8 Å². The number of carbonyl (C=O) groups excluding carboxylic acids is 2. The molecular weight excluding hydrogens is 344 g/mol. The number of nitrogens with one attached hydrogen (secondary N) is 2. The van der Waals surface area contributed by atoms with Crippen molar-refractivity contribution in [3.63, 3.8) is 0 Å². The summed E-state index contributed by atoms with van der Waals surface area (Å²) in [6.45, 7) is 0.204. The van der Waals surface area contributed by atoms with Gasteiger partial charge in [0, 0.05) is 12.6 Å². The molecule has 2 rings (SSSR count). The average Bonchev–Trinajstić information content (AvgIpc) is 2.62. The SMILES string of the molecule is O=C(C=NOCC(=O)NCCC1=CCCCC1)Nc1ccc(F)cc1F. The van der Waals surface area contributed by atoms with Gasteiger partial charge in [0.15, 0.2) is 6.61 Å². The van der Waals surface area contributed by atoms with E-state index >= 15 is 0 Å². The van der Waals surface area contributed by atoms with Crippen molar-refractivity contribution in [3.05, 3.63) is 41.5 Å². The first-order valence-electron chi connectivity index (χ1n) is 8.40. The summed E-state index contributed by atoms with van der Waals surface area (Å²) in [5.74, 6) is -2.76. The summed E-state index contributed by atoms with van der Waals surface area (Å²) in [5.41, 5.74) is 1.18. The van der Waals surface area contributed by atoms with Gasteiger partial charge in [-0.15, -0.1) is 0 Å². The van der Waals surface area contributed by atoms with Gasteiger partial charge in [0.05, 0.1) is 5.69 Å². The van der Waals surface area contributed by atoms with Gasteiger partial charge >= 0.3 is 0 Å². The topological polar surface area (TPSA) is 79.8 Å². The Kier molecular flexibility index (Phi) is 7.73. The fourth-order valence-electron chi connectivity index (χ4n) is 2.48. The average molecular weight is 365 g/mol. The molecule has 1 aromatic carbocycles. The second-order valence-electron chi connectivity index (χ2n) is 5.83. The van der Waals surface area contributed by atoms with Gasteiger partial charge in [-0.05, 0) is 44.2 Å². The first-order chi connectivity index (χ1) is 12.5. The predicted octanol–water partition coefficient (Wildman–Crippen LogP) is 2.91. The zero-order chi connectivity index (χ0) is 18.8. The van der Waals surface area contributed by atoms with Crippen LogP contribution in [0.3, 0.4) is 0 Å². The lowest BCUT2D eigenvalue weighted by molar-refractivity contribution is -0.125. The number of anilines is 1. The molecule has 0 saturated carbocycles. The maximum absolute atomic E-state index is 13.4. The van der Waals surface area contributed by atoms with Gasteiger partial charge in [-0.25, -0.2) is 8.78 Å². The van der Waals surface area contributed by atoms with E-state index in [1.807, 2.05) is 0 Å². The van der Waals surface area contributed by atoms with Gasteiger partial charge in [-0.2, -0.15) is 0 Å². The molecule has 0 atom stereocenters. The quantitative estimate of drug-likeness (QED) is 0.422. The van der Waals surface area contributed by atoms with Crippen molar-refractivity contribution in [1.82, 2.24) is 5.32 Å². The maximum Gasteiger partial charge on any atom is 0.270 e. The molecule has 0 fully saturated rings. The van der Waals surface area contributed by atoms with E-state index in [1.54, 1.807) is 0 Å². The highest BCUT2D eigenvalue weighted by Gasteiger charge is 2.07. The summed E-state index contributed by atoms with van der Waals surface area (Å²) in [6.07, 6.45) is 8.42. The normalized spacial score (nSPS) is 14.0. The van der Waals surface area contributed by atoms with Crippen molar-refractivity contribution < 1.29 is 23.2 Å². The van der Waals surface area contributed by atoms with Crippen LogP contribution in [0.1, 0.15) is 32.1 Å². The Morgan fingerprint density at radius 3 is 2.85 bits per heavy atom. The van der Waals surface area contributed by atoms with Crippen LogP contribution >= 0.6 is 0 Å². The zero-order valence-corrected chi connectivity index (χ0v) is 14.3. The number of amides is 2. The zero-order valence-electron chi connectivity index (χ0n) is 14.3. The summed E-state index contributed by atoms with van der Waals surface area (Å²) >= 11 is 0. The highest BCUT2D eigenvalue weighted by Crippen LogP contribution is 2.19. The molecule has 26 heavy (non-hydrogen) atoms. The van der Waals surface area contributed by atoms with Crippen LogP contribution in [0.5, 0.6) is 0 Å². The number of rotatable bonds is 8. The second-order valence-corrected chi connectivity index (χ2v) is 5.83. The Hall–Kier alpha value is -2.77. The highest BCUT2D eigenvalue weighted by molar-refractivity contribution is 6.31. The third-order valence-electron chi connectivity index (χ3n) is 3.78. The smallest absolute Gasteiger partial charge is 0.270 e. The number of hydrogen-bond donors (Lipinski definition) is 2. The first-order valence-corrected chi connectivity index (χ1v) is 8.40. The molecule has 1 aliphatic rings. The Morgan fingerprint density at radius 2 is 2.12 bits per heavy atom. The summed E-state index contributed by atoms with van der Waals surface area (Å²) in [4.78, 5) is 27.8. The largest absolute Gasteiger partial charge is 0.386 e. The van der Waals surface area contributed by atoms with E-state index in [2.05, 4.69) is 21.9 Å². The molecule has 140 valence electrons. The summed E-state index contributed by atoms with van der Waals surface area (Å²) < 4.78 is 26.1. The highest BCUT2D eigenvalue weighted by atomic mass is 19.1. The molecule has 6 nitrogen and oxygen atoms in total. The van der Waals surface area contributed by atoms with Crippen LogP contribution in [0.4, 0.5) is 14.5 Å². The summed E-state index contributed by atoms with van der Waals surface area (Å²) in [5, 5.41) is 8.23. The minimum Gasteiger partial charge on any atom is -0.386 e. The fraction of sp³-hybridized carbons (Fsp3) is 0.389. The molecule has 2 amide bonds. The van der Waals surface area contributed by atoms with Crippen molar-refractivity contribution in [2.75, 3.05) is 18.5 Å². The minimum absolute atomic E-state index is 0.183. The predicted molar refractivity (Wildman–Crippen MR) is 93.6 cm³/mol. The van der Waals surface area contributed by atoms with E-state index in [9.17, 15) is 18.4 Å². The van der Waals surface area contributed by atoms with Crippen LogP contribution in [0.25, 0.3) is 0 Å². The van der Waals surface area contributed by atoms with Crippen LogP contribution in [0.2, 0.25) is 0 Å². The minimum atomic E-state index is -0.903. The molecular formula is C18H21F2N3O3. The molecule has 0 radical (unpaired) electrons. The van der Waals surface area contributed by atoms with Crippen LogP contribution in [-0.4, -0.2) is 31.2 Å². The van der Waals surface area contributed by atoms with E-state index in [4.69, 9.17) is 4.84 Å². The molecule has 1 aromatic rings. The Bertz CT molecular complexity index is 705. The van der Waals surface area contributed by atoms with Crippen molar-refractivity contribution >= 4 is 23.7 Å². The second kappa shape index (κ2) is 10.3. The van der Waals surface area contributed by atoms with Crippen LogP contribution < -0.4 is 10.6 Å². The lowest BCUT2D eigenvalue weighted by Crippen LogP contribution is -2.28. The van der Waals surface area contributed by atoms with Gasteiger partial charge in [0.1, 0.15) is 17.8 Å². The number of benzene rings is 1. The molecule has 2 N–H and O–H groups in total. The van der Waals surface area contributed by atoms with Crippen molar-refractivity contribution in [2.45, 2.75) is 32.1 Å². The number of halogens is 2. The van der Waals surface area contributed by atoms with Crippen LogP contribution in [0, 0.1) is 11.6 Å². The van der Waals surface area contributed by atoms with E-state index in [-0.39, 0.29) is 18.2 Å². The van der Waals surface area contributed by atoms with E-state index in [0.29, 0.717) is 12.6 Å². The molecule has 0 heterocycles. The molecule has 0 unspecified atom stereocenters. The van der Waals surface area contributed by atoms with Crippen molar-refractivity contribution in [1.29, 1.82) is 0 Å². The fourth-order valence-corrected chi connectivity index (χ4v) is 2.48. The monoisotopic (exact) mass is 365 g/mol.